The van der Waals surface area contributed by atoms with Gasteiger partial charge in [0, 0.05) is 30.6 Å². The van der Waals surface area contributed by atoms with Crippen molar-refractivity contribution >= 4 is 41.1 Å². The lowest BCUT2D eigenvalue weighted by Gasteiger charge is -2.40. The Morgan fingerprint density at radius 2 is 2.00 bits per heavy atom. The van der Waals surface area contributed by atoms with Crippen molar-refractivity contribution in [3.63, 3.8) is 0 Å². The zero-order valence-electron chi connectivity index (χ0n) is 11.4. The van der Waals surface area contributed by atoms with Crippen molar-refractivity contribution in [2.45, 2.75) is 0 Å². The largest absolute Gasteiger partial charge is 0.439 e. The fourth-order valence-electron chi connectivity index (χ4n) is 2.50. The molecule has 3 rings (SSSR count). The number of benzene rings is 1. The van der Waals surface area contributed by atoms with Crippen LogP contribution in [0.4, 0.5) is 4.79 Å². The van der Waals surface area contributed by atoms with E-state index in [1.807, 2.05) is 0 Å². The van der Waals surface area contributed by atoms with Crippen LogP contribution in [-0.4, -0.2) is 53.9 Å². The summed E-state index contributed by atoms with van der Waals surface area (Å²) in [6.07, 6.45) is -0.615. The summed E-state index contributed by atoms with van der Waals surface area (Å²) in [7, 11) is 0. The van der Waals surface area contributed by atoms with E-state index in [0.717, 1.165) is 4.90 Å². The van der Waals surface area contributed by atoms with E-state index in [9.17, 15) is 14.4 Å². The SMILES string of the molecule is O=C(c1ccc(Cl)cc1Cl)N1CC(CN2C(=O)COC2=O)C1. The highest BCUT2D eigenvalue weighted by Gasteiger charge is 2.38. The molecule has 3 amide bonds. The molecule has 2 fully saturated rings. The molecular weight excluding hydrogens is 331 g/mol. The highest BCUT2D eigenvalue weighted by Crippen LogP contribution is 2.26. The molecule has 0 N–H and O–H groups in total. The summed E-state index contributed by atoms with van der Waals surface area (Å²) in [5.41, 5.74) is 0.390. The first-order chi connectivity index (χ1) is 10.5. The zero-order valence-corrected chi connectivity index (χ0v) is 12.9. The van der Waals surface area contributed by atoms with Crippen LogP contribution in [0, 0.1) is 5.92 Å². The standard InChI is InChI=1S/C14H12Cl2N2O4/c15-9-1-2-10(11(16)3-9)13(20)17-4-8(5-17)6-18-12(19)7-22-14(18)21/h1-3,8H,4-7H2. The van der Waals surface area contributed by atoms with E-state index in [1.165, 1.54) is 6.07 Å². The number of halogens is 2. The summed E-state index contributed by atoms with van der Waals surface area (Å²) in [5, 5.41) is 0.772. The smallest absolute Gasteiger partial charge is 0.417 e. The minimum atomic E-state index is -0.615. The number of carbonyl (C=O) groups excluding carboxylic acids is 3. The number of ether oxygens (including phenoxy) is 1. The van der Waals surface area contributed by atoms with Crippen LogP contribution in [-0.2, 0) is 9.53 Å². The minimum Gasteiger partial charge on any atom is -0.439 e. The van der Waals surface area contributed by atoms with Gasteiger partial charge in [-0.05, 0) is 18.2 Å². The molecule has 2 aliphatic heterocycles. The number of carbonyl (C=O) groups is 3. The Morgan fingerprint density at radius 1 is 1.27 bits per heavy atom. The molecule has 2 aliphatic rings. The van der Waals surface area contributed by atoms with Gasteiger partial charge < -0.3 is 9.64 Å². The Labute approximate surface area is 136 Å². The van der Waals surface area contributed by atoms with Gasteiger partial charge in [0.05, 0.1) is 10.6 Å². The summed E-state index contributed by atoms with van der Waals surface area (Å²) in [5.74, 6) is -0.464. The number of nitrogens with zero attached hydrogens (tertiary/aromatic N) is 2. The van der Waals surface area contributed by atoms with Crippen molar-refractivity contribution in [1.29, 1.82) is 0 Å². The third-order valence-corrected chi connectivity index (χ3v) is 4.24. The Hall–Kier alpha value is -1.79. The maximum absolute atomic E-state index is 12.3. The summed E-state index contributed by atoms with van der Waals surface area (Å²) in [6.45, 7) is 1.01. The Morgan fingerprint density at radius 3 is 2.59 bits per heavy atom. The maximum atomic E-state index is 12.3. The molecule has 0 aliphatic carbocycles. The molecule has 6 nitrogen and oxygen atoms in total. The van der Waals surface area contributed by atoms with Crippen LogP contribution in [0.3, 0.4) is 0 Å². The van der Waals surface area contributed by atoms with Crippen LogP contribution in [0.1, 0.15) is 10.4 Å². The molecule has 0 radical (unpaired) electrons. The van der Waals surface area contributed by atoms with E-state index in [2.05, 4.69) is 4.74 Å². The molecule has 8 heteroatoms. The molecule has 0 spiro atoms. The second-order valence-corrected chi connectivity index (χ2v) is 6.10. The predicted octanol–water partition coefficient (Wildman–Crippen LogP) is 2.04. The van der Waals surface area contributed by atoms with Gasteiger partial charge in [0.15, 0.2) is 6.61 Å². The maximum Gasteiger partial charge on any atom is 0.417 e. The number of hydrogen-bond acceptors (Lipinski definition) is 4. The fourth-order valence-corrected chi connectivity index (χ4v) is 2.99. The Balaban J connectivity index is 1.58. The summed E-state index contributed by atoms with van der Waals surface area (Å²) in [4.78, 5) is 37.8. The van der Waals surface area contributed by atoms with Crippen LogP contribution in [0.5, 0.6) is 0 Å². The van der Waals surface area contributed by atoms with E-state index >= 15 is 0 Å². The average molecular weight is 343 g/mol. The topological polar surface area (TPSA) is 66.9 Å². The van der Waals surface area contributed by atoms with Gasteiger partial charge in [0.1, 0.15) is 0 Å². The van der Waals surface area contributed by atoms with Gasteiger partial charge in [0.25, 0.3) is 11.8 Å². The lowest BCUT2D eigenvalue weighted by molar-refractivity contribution is -0.126. The van der Waals surface area contributed by atoms with E-state index in [0.29, 0.717) is 28.7 Å². The van der Waals surface area contributed by atoms with Gasteiger partial charge in [-0.1, -0.05) is 23.2 Å². The van der Waals surface area contributed by atoms with Crippen LogP contribution in [0.25, 0.3) is 0 Å². The molecule has 2 heterocycles. The quantitative estimate of drug-likeness (QED) is 0.842. The summed E-state index contributed by atoms with van der Waals surface area (Å²) < 4.78 is 4.64. The number of rotatable bonds is 3. The average Bonchev–Trinajstić information content (AvgIpc) is 2.72. The lowest BCUT2D eigenvalue weighted by atomic mass is 9.98. The number of cyclic esters (lactones) is 1. The van der Waals surface area contributed by atoms with Gasteiger partial charge in [0.2, 0.25) is 0 Å². The van der Waals surface area contributed by atoms with Crippen LogP contribution in [0.15, 0.2) is 18.2 Å². The molecule has 0 unspecified atom stereocenters. The summed E-state index contributed by atoms with van der Waals surface area (Å²) in [6, 6.07) is 4.71. The Bertz CT molecular complexity index is 642. The number of hydrogen-bond donors (Lipinski definition) is 0. The zero-order chi connectivity index (χ0) is 15.9. The highest BCUT2D eigenvalue weighted by atomic mass is 35.5. The second-order valence-electron chi connectivity index (χ2n) is 5.26. The van der Waals surface area contributed by atoms with Crippen molar-refractivity contribution in [3.8, 4) is 0 Å². The number of likely N-dealkylation sites (tertiary alicyclic amines) is 1. The predicted molar refractivity (Wildman–Crippen MR) is 78.9 cm³/mol. The van der Waals surface area contributed by atoms with Crippen molar-refractivity contribution < 1.29 is 19.1 Å². The number of imide groups is 1. The molecule has 0 atom stereocenters. The first kappa shape index (κ1) is 15.1. The molecule has 116 valence electrons. The molecule has 1 aromatic rings. The first-order valence-corrected chi connectivity index (χ1v) is 7.42. The van der Waals surface area contributed by atoms with Crippen LogP contribution < -0.4 is 0 Å². The van der Waals surface area contributed by atoms with Gasteiger partial charge in [-0.3, -0.25) is 9.59 Å². The fraction of sp³-hybridized carbons (Fsp3) is 0.357. The summed E-state index contributed by atoms with van der Waals surface area (Å²) >= 11 is 11.8. The molecular formula is C14H12Cl2N2O4. The van der Waals surface area contributed by atoms with Crippen molar-refractivity contribution in [1.82, 2.24) is 9.80 Å². The molecule has 1 aromatic carbocycles. The third-order valence-electron chi connectivity index (χ3n) is 3.69. The van der Waals surface area contributed by atoms with E-state index in [4.69, 9.17) is 23.2 Å². The normalized spacial score (nSPS) is 18.5. The van der Waals surface area contributed by atoms with Crippen molar-refractivity contribution in [2.24, 2.45) is 5.92 Å². The molecule has 0 bridgehead atoms. The minimum absolute atomic E-state index is 0.0598. The molecule has 0 aromatic heterocycles. The lowest BCUT2D eigenvalue weighted by Crippen LogP contribution is -2.54. The van der Waals surface area contributed by atoms with Gasteiger partial charge in [-0.15, -0.1) is 0 Å². The highest BCUT2D eigenvalue weighted by molar-refractivity contribution is 6.36. The van der Waals surface area contributed by atoms with Gasteiger partial charge >= 0.3 is 6.09 Å². The van der Waals surface area contributed by atoms with Crippen molar-refractivity contribution in [3.05, 3.63) is 33.8 Å². The Kier molecular flexibility index (Phi) is 3.97. The number of amides is 3. The second kappa shape index (κ2) is 5.78. The first-order valence-electron chi connectivity index (χ1n) is 6.67. The molecule has 22 heavy (non-hydrogen) atoms. The van der Waals surface area contributed by atoms with E-state index in [-0.39, 0.29) is 30.9 Å². The van der Waals surface area contributed by atoms with Crippen molar-refractivity contribution in [2.75, 3.05) is 26.2 Å². The third kappa shape index (κ3) is 2.76. The monoisotopic (exact) mass is 342 g/mol. The molecule has 0 saturated carbocycles. The van der Waals surface area contributed by atoms with E-state index < -0.39 is 6.09 Å². The van der Waals surface area contributed by atoms with Gasteiger partial charge in [-0.25, -0.2) is 9.69 Å². The van der Waals surface area contributed by atoms with Gasteiger partial charge in [-0.2, -0.15) is 0 Å². The van der Waals surface area contributed by atoms with E-state index in [1.54, 1.807) is 17.0 Å². The molecule has 2 saturated heterocycles. The van der Waals surface area contributed by atoms with Crippen LogP contribution in [0.2, 0.25) is 10.0 Å². The van der Waals surface area contributed by atoms with Crippen LogP contribution >= 0.6 is 23.2 Å².